The molecule has 142 valence electrons. The van der Waals surface area contributed by atoms with E-state index >= 15 is 0 Å². The molecule has 0 unspecified atom stereocenters. The molecule has 2 aromatic rings. The Kier molecular flexibility index (Phi) is 4.10. The van der Waals surface area contributed by atoms with E-state index in [1.54, 1.807) is 6.20 Å². The minimum atomic E-state index is 0.0927. The van der Waals surface area contributed by atoms with Crippen molar-refractivity contribution in [1.29, 1.82) is 0 Å². The molecular formula is C23H28N2O2. The number of carbonyl (C=O) groups is 1. The third kappa shape index (κ3) is 3.42. The second-order valence-electron chi connectivity index (χ2n) is 9.23. The van der Waals surface area contributed by atoms with Crippen molar-refractivity contribution < 1.29 is 9.21 Å². The lowest BCUT2D eigenvalue weighted by Crippen LogP contribution is -2.59. The molecule has 4 saturated carbocycles. The van der Waals surface area contributed by atoms with Crippen LogP contribution in [0, 0.1) is 24.7 Å². The van der Waals surface area contributed by atoms with Gasteiger partial charge in [0.25, 0.3) is 0 Å². The predicted molar refractivity (Wildman–Crippen MR) is 104 cm³/mol. The van der Waals surface area contributed by atoms with Crippen LogP contribution in [0.25, 0.3) is 11.3 Å². The first-order valence-electron chi connectivity index (χ1n) is 10.4. The Morgan fingerprint density at radius 1 is 1.11 bits per heavy atom. The fourth-order valence-electron chi connectivity index (χ4n) is 6.12. The predicted octanol–water partition coefficient (Wildman–Crippen LogP) is 4.67. The maximum Gasteiger partial charge on any atom is 0.220 e. The van der Waals surface area contributed by atoms with Crippen molar-refractivity contribution in [2.24, 2.45) is 17.8 Å². The normalized spacial score (nSPS) is 31.2. The van der Waals surface area contributed by atoms with Gasteiger partial charge in [-0.15, -0.1) is 0 Å². The van der Waals surface area contributed by atoms with Crippen molar-refractivity contribution in [3.63, 3.8) is 0 Å². The summed E-state index contributed by atoms with van der Waals surface area (Å²) in [6.45, 7) is 2.07. The number of rotatable bonds is 5. The number of nitrogens with zero attached hydrogens (tertiary/aromatic N) is 1. The highest BCUT2D eigenvalue weighted by atomic mass is 16.4. The summed E-state index contributed by atoms with van der Waals surface area (Å²) < 4.78 is 5.86. The van der Waals surface area contributed by atoms with Crippen molar-refractivity contribution in [2.75, 3.05) is 0 Å². The van der Waals surface area contributed by atoms with Crippen LogP contribution >= 0.6 is 0 Å². The highest BCUT2D eigenvalue weighted by molar-refractivity contribution is 5.77. The van der Waals surface area contributed by atoms with Crippen LogP contribution in [0.4, 0.5) is 0 Å². The molecule has 1 heterocycles. The van der Waals surface area contributed by atoms with Gasteiger partial charge in [0.1, 0.15) is 0 Å². The van der Waals surface area contributed by atoms with E-state index in [0.29, 0.717) is 18.7 Å². The molecule has 4 fully saturated rings. The Labute approximate surface area is 160 Å². The van der Waals surface area contributed by atoms with E-state index in [2.05, 4.69) is 29.4 Å². The molecule has 0 saturated heterocycles. The summed E-state index contributed by atoms with van der Waals surface area (Å²) >= 11 is 0. The van der Waals surface area contributed by atoms with Gasteiger partial charge in [-0.2, -0.15) is 0 Å². The van der Waals surface area contributed by atoms with Crippen molar-refractivity contribution in [1.82, 2.24) is 10.3 Å². The topological polar surface area (TPSA) is 55.1 Å². The maximum atomic E-state index is 12.6. The molecule has 1 amide bonds. The molecule has 4 aliphatic rings. The number of benzene rings is 1. The van der Waals surface area contributed by atoms with Gasteiger partial charge >= 0.3 is 0 Å². The van der Waals surface area contributed by atoms with Gasteiger partial charge in [0.05, 0.1) is 6.20 Å². The summed E-state index contributed by atoms with van der Waals surface area (Å²) in [5.74, 6) is 4.12. The smallest absolute Gasteiger partial charge is 0.220 e. The quantitative estimate of drug-likeness (QED) is 0.839. The molecule has 27 heavy (non-hydrogen) atoms. The number of carbonyl (C=O) groups excluding carboxylic acids is 1. The van der Waals surface area contributed by atoms with Gasteiger partial charge in [0, 0.05) is 23.9 Å². The zero-order valence-electron chi connectivity index (χ0n) is 16.0. The first-order valence-corrected chi connectivity index (χ1v) is 10.4. The molecule has 0 radical (unpaired) electrons. The SMILES string of the molecule is Cc1ccc(-c2cnc(CCC(=O)NC34CC5CC(CC(C5)C3)C4)o2)cc1. The third-order valence-corrected chi connectivity index (χ3v) is 6.90. The molecule has 0 spiro atoms. The van der Waals surface area contributed by atoms with E-state index in [-0.39, 0.29) is 11.4 Å². The van der Waals surface area contributed by atoms with Crippen LogP contribution in [0.5, 0.6) is 0 Å². The van der Waals surface area contributed by atoms with Crippen LogP contribution in [-0.2, 0) is 11.2 Å². The number of hydrogen-bond donors (Lipinski definition) is 1. The van der Waals surface area contributed by atoms with E-state index in [0.717, 1.165) is 29.1 Å². The summed E-state index contributed by atoms with van der Waals surface area (Å²) in [7, 11) is 0. The average Bonchev–Trinajstić information content (AvgIpc) is 3.08. The van der Waals surface area contributed by atoms with Gasteiger partial charge in [0.15, 0.2) is 11.7 Å². The fourth-order valence-corrected chi connectivity index (χ4v) is 6.12. The molecule has 1 N–H and O–H groups in total. The van der Waals surface area contributed by atoms with Crippen molar-refractivity contribution in [3.05, 3.63) is 41.9 Å². The zero-order chi connectivity index (χ0) is 18.4. The Morgan fingerprint density at radius 3 is 2.37 bits per heavy atom. The van der Waals surface area contributed by atoms with Gasteiger partial charge in [-0.05, 0) is 63.2 Å². The molecular weight excluding hydrogens is 336 g/mol. The van der Waals surface area contributed by atoms with E-state index in [1.165, 1.54) is 44.1 Å². The van der Waals surface area contributed by atoms with Crippen LogP contribution in [-0.4, -0.2) is 16.4 Å². The maximum absolute atomic E-state index is 12.6. The number of amides is 1. The van der Waals surface area contributed by atoms with Crippen LogP contribution in [0.2, 0.25) is 0 Å². The fraction of sp³-hybridized carbons (Fsp3) is 0.565. The average molecular weight is 364 g/mol. The molecule has 4 nitrogen and oxygen atoms in total. The Bertz CT molecular complexity index is 801. The minimum absolute atomic E-state index is 0.0927. The summed E-state index contributed by atoms with van der Waals surface area (Å²) in [5, 5.41) is 3.43. The largest absolute Gasteiger partial charge is 0.441 e. The molecule has 0 aliphatic heterocycles. The molecule has 4 heteroatoms. The standard InChI is InChI=1S/C23H28N2O2/c1-15-2-4-19(5-3-15)20-14-24-22(27-20)7-6-21(26)25-23-11-16-8-17(12-23)10-18(9-16)13-23/h2-5,14,16-18H,6-13H2,1H3,(H,25,26). The van der Waals surface area contributed by atoms with E-state index in [1.807, 2.05) is 12.1 Å². The van der Waals surface area contributed by atoms with E-state index in [4.69, 9.17) is 4.42 Å². The number of aryl methyl sites for hydroxylation is 2. The van der Waals surface area contributed by atoms with Gasteiger partial charge in [-0.1, -0.05) is 29.8 Å². The first kappa shape index (κ1) is 17.0. The summed E-state index contributed by atoms with van der Waals surface area (Å²) in [6.07, 6.45) is 10.5. The van der Waals surface area contributed by atoms with Gasteiger partial charge in [0.2, 0.25) is 5.91 Å². The number of hydrogen-bond acceptors (Lipinski definition) is 3. The summed E-state index contributed by atoms with van der Waals surface area (Å²) in [4.78, 5) is 17.0. The second kappa shape index (κ2) is 6.50. The lowest BCUT2D eigenvalue weighted by Gasteiger charge is -2.56. The monoisotopic (exact) mass is 364 g/mol. The summed E-state index contributed by atoms with van der Waals surface area (Å²) in [6, 6.07) is 8.21. The zero-order valence-corrected chi connectivity index (χ0v) is 16.0. The molecule has 6 rings (SSSR count). The number of aromatic nitrogens is 1. The Hall–Kier alpha value is -2.10. The van der Waals surface area contributed by atoms with Crippen molar-refractivity contribution in [3.8, 4) is 11.3 Å². The number of oxazole rings is 1. The molecule has 4 aliphatic carbocycles. The lowest BCUT2D eigenvalue weighted by molar-refractivity contribution is -0.126. The van der Waals surface area contributed by atoms with Gasteiger partial charge in [-0.25, -0.2) is 4.98 Å². The highest BCUT2D eigenvalue weighted by Crippen LogP contribution is 2.55. The van der Waals surface area contributed by atoms with Gasteiger partial charge in [-0.3, -0.25) is 4.79 Å². The van der Waals surface area contributed by atoms with Crippen molar-refractivity contribution in [2.45, 2.75) is 63.8 Å². The lowest BCUT2D eigenvalue weighted by atomic mass is 9.53. The van der Waals surface area contributed by atoms with Crippen LogP contribution in [0.3, 0.4) is 0 Å². The molecule has 4 bridgehead atoms. The van der Waals surface area contributed by atoms with Crippen LogP contribution < -0.4 is 5.32 Å². The van der Waals surface area contributed by atoms with E-state index in [9.17, 15) is 4.79 Å². The highest BCUT2D eigenvalue weighted by Gasteiger charge is 2.51. The Morgan fingerprint density at radius 2 is 1.74 bits per heavy atom. The second-order valence-corrected chi connectivity index (χ2v) is 9.23. The van der Waals surface area contributed by atoms with E-state index < -0.39 is 0 Å². The molecule has 1 aromatic carbocycles. The minimum Gasteiger partial charge on any atom is -0.441 e. The summed E-state index contributed by atoms with van der Waals surface area (Å²) in [5.41, 5.74) is 2.34. The van der Waals surface area contributed by atoms with Crippen LogP contribution in [0.1, 0.15) is 56.4 Å². The molecule has 0 atom stereocenters. The third-order valence-electron chi connectivity index (χ3n) is 6.90. The van der Waals surface area contributed by atoms with Gasteiger partial charge < -0.3 is 9.73 Å². The van der Waals surface area contributed by atoms with Crippen molar-refractivity contribution >= 4 is 5.91 Å². The van der Waals surface area contributed by atoms with Crippen LogP contribution in [0.15, 0.2) is 34.9 Å². The first-order chi connectivity index (χ1) is 13.1. The molecule has 1 aromatic heterocycles. The Balaban J connectivity index is 1.19. The number of nitrogens with one attached hydrogen (secondary N) is 1.